The second-order valence-corrected chi connectivity index (χ2v) is 3.00. The first kappa shape index (κ1) is 19.7. The van der Waals surface area contributed by atoms with E-state index in [-0.39, 0.29) is 5.78 Å². The topological polar surface area (TPSA) is 94.8 Å². The molecule has 5 heteroatoms. The minimum atomic E-state index is -0.787. The number of aldehydes is 1. The van der Waals surface area contributed by atoms with Gasteiger partial charge in [-0.2, -0.15) is 0 Å². The summed E-state index contributed by atoms with van der Waals surface area (Å²) in [6.45, 7) is 7.34. The summed E-state index contributed by atoms with van der Waals surface area (Å²) < 4.78 is 0. The third-order valence-corrected chi connectivity index (χ3v) is 1.29. The Kier molecular flexibility index (Phi) is 17.4. The van der Waals surface area contributed by atoms with Crippen molar-refractivity contribution >= 4 is 12.1 Å². The van der Waals surface area contributed by atoms with Crippen LogP contribution in [0.2, 0.25) is 0 Å². The fraction of sp³-hybridized carbons (Fsp3) is 0.800. The lowest BCUT2D eigenvalue weighted by atomic mass is 10.3. The second kappa shape index (κ2) is 13.2. The highest BCUT2D eigenvalue weighted by Gasteiger charge is 1.99. The lowest BCUT2D eigenvalue weighted by Gasteiger charge is -2.03. The van der Waals surface area contributed by atoms with Crippen molar-refractivity contribution in [3.05, 3.63) is 0 Å². The van der Waals surface area contributed by atoms with Gasteiger partial charge in [0.25, 0.3) is 0 Å². The summed E-state index contributed by atoms with van der Waals surface area (Å²) in [6.07, 6.45) is -1.22. The summed E-state index contributed by atoms with van der Waals surface area (Å²) in [6, 6.07) is 0. The van der Waals surface area contributed by atoms with E-state index in [9.17, 15) is 4.79 Å². The average molecular weight is 222 g/mol. The molecule has 0 fully saturated rings. The van der Waals surface area contributed by atoms with Crippen molar-refractivity contribution < 1.29 is 24.9 Å². The van der Waals surface area contributed by atoms with Crippen molar-refractivity contribution in [2.24, 2.45) is 0 Å². The van der Waals surface area contributed by atoms with Crippen molar-refractivity contribution in [1.29, 1.82) is 0 Å². The summed E-state index contributed by atoms with van der Waals surface area (Å²) in [5.41, 5.74) is 0. The van der Waals surface area contributed by atoms with Crippen LogP contribution in [0.25, 0.3) is 0 Å². The van der Waals surface area contributed by atoms with E-state index in [1.54, 1.807) is 13.8 Å². The van der Waals surface area contributed by atoms with E-state index < -0.39 is 18.3 Å². The van der Waals surface area contributed by atoms with E-state index in [0.29, 0.717) is 0 Å². The molecule has 3 atom stereocenters. The number of carbonyl (C=O) groups is 2. The van der Waals surface area contributed by atoms with Gasteiger partial charge in [-0.05, 0) is 34.6 Å². The zero-order valence-electron chi connectivity index (χ0n) is 9.97. The normalized spacial score (nSPS) is 14.4. The number of rotatable bonds is 2. The Balaban J connectivity index is -0.000000153. The van der Waals surface area contributed by atoms with Crippen LogP contribution in [0.4, 0.5) is 0 Å². The van der Waals surface area contributed by atoms with Gasteiger partial charge in [0.2, 0.25) is 0 Å². The molecular weight excluding hydrogens is 200 g/mol. The van der Waals surface area contributed by atoms with Crippen LogP contribution in [0.15, 0.2) is 0 Å². The van der Waals surface area contributed by atoms with Gasteiger partial charge in [-0.3, -0.25) is 4.79 Å². The number of carbonyl (C=O) groups excluding carboxylic acids is 2. The van der Waals surface area contributed by atoms with Gasteiger partial charge in [0.1, 0.15) is 12.4 Å². The molecule has 0 aromatic heterocycles. The molecule has 0 aromatic rings. The van der Waals surface area contributed by atoms with Crippen LogP contribution in [0.3, 0.4) is 0 Å². The molecule has 0 saturated carbocycles. The molecule has 0 spiro atoms. The predicted octanol–water partition coefficient (Wildman–Crippen LogP) is -0.0906. The maximum Gasteiger partial charge on any atom is 0.157 e. The van der Waals surface area contributed by atoms with Gasteiger partial charge in [-0.25, -0.2) is 0 Å². The van der Waals surface area contributed by atoms with E-state index in [0.717, 1.165) is 6.29 Å². The van der Waals surface area contributed by atoms with Gasteiger partial charge in [0.15, 0.2) is 5.78 Å². The average Bonchev–Trinajstić information content (AvgIpc) is 2.06. The number of hydrogen-bond donors (Lipinski definition) is 3. The first-order valence-electron chi connectivity index (χ1n) is 4.65. The van der Waals surface area contributed by atoms with Crippen LogP contribution in [0, 0.1) is 0 Å². The minimum absolute atomic E-state index is 0.185. The number of aliphatic hydroxyl groups is 3. The summed E-state index contributed by atoms with van der Waals surface area (Å²) in [5.74, 6) is -0.185. The van der Waals surface area contributed by atoms with E-state index in [4.69, 9.17) is 20.1 Å². The van der Waals surface area contributed by atoms with Crippen LogP contribution in [-0.4, -0.2) is 45.7 Å². The Bertz CT molecular complexity index is 146. The van der Waals surface area contributed by atoms with Gasteiger partial charge >= 0.3 is 0 Å². The first-order valence-corrected chi connectivity index (χ1v) is 4.65. The van der Waals surface area contributed by atoms with Crippen LogP contribution < -0.4 is 0 Å². The molecule has 0 radical (unpaired) electrons. The molecule has 3 unspecified atom stereocenters. The van der Waals surface area contributed by atoms with Crippen molar-refractivity contribution in [1.82, 2.24) is 0 Å². The summed E-state index contributed by atoms with van der Waals surface area (Å²) in [5, 5.41) is 25.0. The molecule has 0 amide bonds. The quantitative estimate of drug-likeness (QED) is 0.567. The maximum atomic E-state index is 9.89. The van der Waals surface area contributed by atoms with Gasteiger partial charge in [-0.1, -0.05) is 0 Å². The second-order valence-electron chi connectivity index (χ2n) is 3.00. The summed E-state index contributed by atoms with van der Waals surface area (Å²) in [4.78, 5) is 18.7. The molecule has 0 aliphatic heterocycles. The molecular formula is C10H22O5. The van der Waals surface area contributed by atoms with E-state index in [1.165, 1.54) is 20.8 Å². The lowest BCUT2D eigenvalue weighted by Crippen LogP contribution is -2.17. The zero-order chi connectivity index (χ0) is 13.0. The molecule has 92 valence electrons. The van der Waals surface area contributed by atoms with Crippen LogP contribution >= 0.6 is 0 Å². The highest BCUT2D eigenvalue weighted by Crippen LogP contribution is 1.85. The number of aliphatic hydroxyl groups excluding tert-OH is 3. The SMILES string of the molecule is CC(=O)C(C)O.CC(O)C(C)O.CC=O. The molecule has 0 bridgehead atoms. The standard InChI is InChI=1S/C4H10O2.C4H8O2.C2H4O/c2*1-3(5)4(2)6;1-2-3/h3-6H,1-2H3;3,5H,1-2H3;2H,1H3. The Morgan fingerprint density at radius 1 is 1.07 bits per heavy atom. The Labute approximate surface area is 90.7 Å². The fourth-order valence-corrected chi connectivity index (χ4v) is 0. The number of ketones is 1. The van der Waals surface area contributed by atoms with Gasteiger partial charge in [0, 0.05) is 0 Å². The van der Waals surface area contributed by atoms with Crippen molar-refractivity contribution in [3.63, 3.8) is 0 Å². The first-order chi connectivity index (χ1) is 6.70. The molecule has 5 nitrogen and oxygen atoms in total. The molecule has 0 saturated heterocycles. The number of Topliss-reactive ketones (excluding diaryl/α,β-unsaturated/α-hetero) is 1. The Hall–Kier alpha value is -0.780. The van der Waals surface area contributed by atoms with Crippen molar-refractivity contribution in [3.8, 4) is 0 Å². The van der Waals surface area contributed by atoms with E-state index in [2.05, 4.69) is 0 Å². The molecule has 0 aromatic carbocycles. The summed E-state index contributed by atoms with van der Waals surface area (Å²) >= 11 is 0. The van der Waals surface area contributed by atoms with Crippen molar-refractivity contribution in [2.75, 3.05) is 0 Å². The minimum Gasteiger partial charge on any atom is -0.391 e. The predicted molar refractivity (Wildman–Crippen MR) is 57.5 cm³/mol. The molecule has 3 N–H and O–H groups in total. The van der Waals surface area contributed by atoms with Gasteiger partial charge in [0.05, 0.1) is 12.2 Å². The molecule has 0 aliphatic carbocycles. The smallest absolute Gasteiger partial charge is 0.157 e. The molecule has 15 heavy (non-hydrogen) atoms. The van der Waals surface area contributed by atoms with Crippen molar-refractivity contribution in [2.45, 2.75) is 52.9 Å². The third kappa shape index (κ3) is 31.9. The fourth-order valence-electron chi connectivity index (χ4n) is 0. The van der Waals surface area contributed by atoms with Gasteiger partial charge < -0.3 is 20.1 Å². The van der Waals surface area contributed by atoms with E-state index >= 15 is 0 Å². The lowest BCUT2D eigenvalue weighted by molar-refractivity contribution is -0.124. The maximum absolute atomic E-state index is 9.89. The zero-order valence-corrected chi connectivity index (χ0v) is 9.97. The van der Waals surface area contributed by atoms with Gasteiger partial charge in [-0.15, -0.1) is 0 Å². The monoisotopic (exact) mass is 222 g/mol. The highest BCUT2D eigenvalue weighted by molar-refractivity contribution is 5.79. The Morgan fingerprint density at radius 3 is 1.20 bits per heavy atom. The molecule has 0 heterocycles. The largest absolute Gasteiger partial charge is 0.391 e. The molecule has 0 aliphatic rings. The van der Waals surface area contributed by atoms with E-state index in [1.807, 2.05) is 0 Å². The van der Waals surface area contributed by atoms with Crippen LogP contribution in [0.1, 0.15) is 34.6 Å². The third-order valence-electron chi connectivity index (χ3n) is 1.29. The highest BCUT2D eigenvalue weighted by atomic mass is 16.3. The van der Waals surface area contributed by atoms with Crippen LogP contribution in [-0.2, 0) is 9.59 Å². The number of hydrogen-bond acceptors (Lipinski definition) is 5. The Morgan fingerprint density at radius 2 is 1.20 bits per heavy atom. The van der Waals surface area contributed by atoms with Crippen LogP contribution in [0.5, 0.6) is 0 Å². The molecule has 0 rings (SSSR count). The summed E-state index contributed by atoms with van der Waals surface area (Å²) in [7, 11) is 0.